The van der Waals surface area contributed by atoms with Crippen molar-refractivity contribution in [3.8, 4) is 16.9 Å². The Hall–Kier alpha value is -3.59. The molecule has 0 spiro atoms. The molecule has 9 heteroatoms. The first-order valence-corrected chi connectivity index (χ1v) is 10.7. The average molecular weight is 458 g/mol. The maximum Gasteiger partial charge on any atom is 0.408 e. The molecule has 0 aliphatic carbocycles. The quantitative estimate of drug-likeness (QED) is 0.360. The van der Waals surface area contributed by atoms with Crippen molar-refractivity contribution in [2.75, 3.05) is 11.9 Å². The zero-order valence-corrected chi connectivity index (χ0v) is 19.1. The molecule has 0 saturated carbocycles. The molecule has 1 atom stereocenters. The number of unbranched alkanes of at least 4 members (excludes halogenated alkanes) is 1. The smallest absolute Gasteiger partial charge is 0.408 e. The Labute approximate surface area is 192 Å². The molecule has 33 heavy (non-hydrogen) atoms. The minimum absolute atomic E-state index is 0.0141. The number of hydrogen-bond acceptors (Lipinski definition) is 6. The van der Waals surface area contributed by atoms with E-state index in [0.29, 0.717) is 42.6 Å². The van der Waals surface area contributed by atoms with Crippen LogP contribution in [0.2, 0.25) is 0 Å². The molecule has 2 rings (SSSR count). The average Bonchev–Trinajstić information content (AvgIpc) is 2.71. The van der Waals surface area contributed by atoms with Gasteiger partial charge in [-0.05, 0) is 88.0 Å². The van der Waals surface area contributed by atoms with Gasteiger partial charge in [-0.3, -0.25) is 4.79 Å². The fraction of sp³-hybridized carbons (Fsp3) is 0.375. The molecule has 0 radical (unpaired) electrons. The number of nitrogens with two attached hydrogens (primary N) is 1. The highest BCUT2D eigenvalue weighted by atomic mass is 16.6. The van der Waals surface area contributed by atoms with Gasteiger partial charge in [0.25, 0.3) is 0 Å². The van der Waals surface area contributed by atoms with E-state index < -0.39 is 29.6 Å². The zero-order valence-electron chi connectivity index (χ0n) is 19.1. The van der Waals surface area contributed by atoms with E-state index in [1.54, 1.807) is 32.9 Å². The summed E-state index contributed by atoms with van der Waals surface area (Å²) in [6.45, 7) is 5.64. The second-order valence-corrected chi connectivity index (χ2v) is 8.59. The van der Waals surface area contributed by atoms with E-state index in [9.17, 15) is 24.6 Å². The predicted octanol–water partition coefficient (Wildman–Crippen LogP) is 3.72. The summed E-state index contributed by atoms with van der Waals surface area (Å²) >= 11 is 0. The van der Waals surface area contributed by atoms with Crippen LogP contribution in [-0.4, -0.2) is 46.4 Å². The molecule has 0 heterocycles. The number of alkyl carbamates (subject to hydrolysis) is 1. The van der Waals surface area contributed by atoms with Crippen LogP contribution in [-0.2, 0) is 9.53 Å². The Morgan fingerprint density at radius 1 is 1.09 bits per heavy atom. The minimum atomic E-state index is -1.14. The Morgan fingerprint density at radius 3 is 2.42 bits per heavy atom. The molecule has 0 fully saturated rings. The van der Waals surface area contributed by atoms with Crippen LogP contribution in [0.3, 0.4) is 0 Å². The minimum Gasteiger partial charge on any atom is -0.508 e. The number of aromatic carboxylic acids is 1. The van der Waals surface area contributed by atoms with Crippen LogP contribution in [0, 0.1) is 0 Å². The van der Waals surface area contributed by atoms with Crippen molar-refractivity contribution >= 4 is 23.7 Å². The Morgan fingerprint density at radius 2 is 1.82 bits per heavy atom. The van der Waals surface area contributed by atoms with Crippen molar-refractivity contribution < 1.29 is 29.3 Å². The van der Waals surface area contributed by atoms with Crippen molar-refractivity contribution in [1.29, 1.82) is 0 Å². The number of carboxylic acid groups (broad SMARTS) is 1. The maximum absolute atomic E-state index is 13.0. The Kier molecular flexibility index (Phi) is 8.81. The standard InChI is InChI=1S/C24H31N3O6/c1-24(2,3)33-23(32)27-20(9-4-5-12-25)21(29)26-16-10-11-18(22(30)31)19(14-16)15-7-6-8-17(28)13-15/h6-8,10-11,13-14,20,28H,4-5,9,12,25H2,1-3H3,(H,26,29)(H,27,32)(H,30,31)/t20-/m0/s1. The van der Waals surface area contributed by atoms with Crippen molar-refractivity contribution in [3.05, 3.63) is 48.0 Å². The lowest BCUT2D eigenvalue weighted by Crippen LogP contribution is -2.45. The van der Waals surface area contributed by atoms with Crippen LogP contribution < -0.4 is 16.4 Å². The van der Waals surface area contributed by atoms with Crippen LogP contribution in [0.1, 0.15) is 50.4 Å². The molecular formula is C24H31N3O6. The van der Waals surface area contributed by atoms with E-state index in [0.717, 1.165) is 0 Å². The van der Waals surface area contributed by atoms with Crippen molar-refractivity contribution in [2.45, 2.75) is 51.7 Å². The Balaban J connectivity index is 2.27. The topological polar surface area (TPSA) is 151 Å². The lowest BCUT2D eigenvalue weighted by atomic mass is 9.98. The third-order valence-corrected chi connectivity index (χ3v) is 4.63. The van der Waals surface area contributed by atoms with Gasteiger partial charge in [0, 0.05) is 5.69 Å². The number of aromatic hydroxyl groups is 1. The number of benzene rings is 2. The molecule has 0 aliphatic heterocycles. The number of carbonyl (C=O) groups is 3. The van der Waals surface area contributed by atoms with Crippen LogP contribution in [0.4, 0.5) is 10.5 Å². The largest absolute Gasteiger partial charge is 0.508 e. The molecule has 2 amide bonds. The Bertz CT molecular complexity index is 1000. The van der Waals surface area contributed by atoms with E-state index in [-0.39, 0.29) is 11.3 Å². The third kappa shape index (κ3) is 8.12. The summed E-state index contributed by atoms with van der Waals surface area (Å²) < 4.78 is 5.26. The fourth-order valence-electron chi connectivity index (χ4n) is 3.16. The summed E-state index contributed by atoms with van der Waals surface area (Å²) in [5.41, 5.74) is 6.00. The van der Waals surface area contributed by atoms with E-state index in [4.69, 9.17) is 10.5 Å². The summed E-state index contributed by atoms with van der Waals surface area (Å²) in [5.74, 6) is -1.62. The highest BCUT2D eigenvalue weighted by Gasteiger charge is 2.24. The lowest BCUT2D eigenvalue weighted by molar-refractivity contribution is -0.118. The number of hydrogen-bond donors (Lipinski definition) is 5. The van der Waals surface area contributed by atoms with Gasteiger partial charge in [-0.1, -0.05) is 12.1 Å². The van der Waals surface area contributed by atoms with E-state index in [2.05, 4.69) is 10.6 Å². The number of phenolic OH excluding ortho intramolecular Hbond substituents is 1. The van der Waals surface area contributed by atoms with Gasteiger partial charge in [0.05, 0.1) is 5.56 Å². The molecule has 6 N–H and O–H groups in total. The van der Waals surface area contributed by atoms with Gasteiger partial charge in [0.1, 0.15) is 17.4 Å². The second-order valence-electron chi connectivity index (χ2n) is 8.59. The van der Waals surface area contributed by atoms with E-state index in [1.807, 2.05) is 0 Å². The third-order valence-electron chi connectivity index (χ3n) is 4.63. The predicted molar refractivity (Wildman–Crippen MR) is 125 cm³/mol. The fourth-order valence-corrected chi connectivity index (χ4v) is 3.16. The highest BCUT2D eigenvalue weighted by molar-refractivity contribution is 6.00. The first-order chi connectivity index (χ1) is 15.5. The summed E-state index contributed by atoms with van der Waals surface area (Å²) in [6.07, 6.45) is 0.956. The van der Waals surface area contributed by atoms with Gasteiger partial charge >= 0.3 is 12.1 Å². The number of rotatable bonds is 9. The number of carboxylic acids is 1. The number of amides is 2. The number of anilines is 1. The number of ether oxygens (including phenoxy) is 1. The molecule has 2 aromatic rings. The van der Waals surface area contributed by atoms with Gasteiger partial charge < -0.3 is 31.3 Å². The SMILES string of the molecule is CC(C)(C)OC(=O)N[C@@H](CCCCN)C(=O)Nc1ccc(C(=O)O)c(-c2cccc(O)c2)c1. The summed E-state index contributed by atoms with van der Waals surface area (Å²) in [5, 5.41) is 24.7. The van der Waals surface area contributed by atoms with Crippen LogP contribution >= 0.6 is 0 Å². The summed E-state index contributed by atoms with van der Waals surface area (Å²) in [4.78, 5) is 36.9. The monoisotopic (exact) mass is 457 g/mol. The van der Waals surface area contributed by atoms with Gasteiger partial charge in [-0.2, -0.15) is 0 Å². The summed E-state index contributed by atoms with van der Waals surface area (Å²) in [7, 11) is 0. The summed E-state index contributed by atoms with van der Waals surface area (Å²) in [6, 6.07) is 9.67. The van der Waals surface area contributed by atoms with Gasteiger partial charge in [-0.15, -0.1) is 0 Å². The molecule has 0 aliphatic rings. The normalized spacial score (nSPS) is 12.0. The molecule has 0 aromatic heterocycles. The highest BCUT2D eigenvalue weighted by Crippen LogP contribution is 2.29. The van der Waals surface area contributed by atoms with Gasteiger partial charge in [0.2, 0.25) is 5.91 Å². The molecule has 0 saturated heterocycles. The molecule has 0 unspecified atom stereocenters. The van der Waals surface area contributed by atoms with Gasteiger partial charge in [-0.25, -0.2) is 9.59 Å². The van der Waals surface area contributed by atoms with Crippen LogP contribution in [0.15, 0.2) is 42.5 Å². The van der Waals surface area contributed by atoms with Crippen molar-refractivity contribution in [1.82, 2.24) is 5.32 Å². The van der Waals surface area contributed by atoms with Gasteiger partial charge in [0.15, 0.2) is 0 Å². The second kappa shape index (κ2) is 11.3. The van der Waals surface area contributed by atoms with E-state index >= 15 is 0 Å². The maximum atomic E-state index is 13.0. The zero-order chi connectivity index (χ0) is 24.6. The molecule has 0 bridgehead atoms. The molecular weight excluding hydrogens is 426 g/mol. The first kappa shape index (κ1) is 25.7. The number of phenols is 1. The van der Waals surface area contributed by atoms with Crippen molar-refractivity contribution in [3.63, 3.8) is 0 Å². The lowest BCUT2D eigenvalue weighted by Gasteiger charge is -2.23. The van der Waals surface area contributed by atoms with Crippen LogP contribution in [0.25, 0.3) is 11.1 Å². The molecule has 178 valence electrons. The number of carbonyl (C=O) groups excluding carboxylic acids is 2. The number of nitrogens with one attached hydrogen (secondary N) is 2. The molecule has 9 nitrogen and oxygen atoms in total. The van der Waals surface area contributed by atoms with Crippen LogP contribution in [0.5, 0.6) is 5.75 Å². The molecule has 2 aromatic carbocycles. The van der Waals surface area contributed by atoms with Crippen molar-refractivity contribution in [2.24, 2.45) is 5.73 Å². The van der Waals surface area contributed by atoms with E-state index in [1.165, 1.54) is 30.3 Å². The first-order valence-electron chi connectivity index (χ1n) is 10.7.